The van der Waals surface area contributed by atoms with Crippen molar-refractivity contribution in [2.24, 2.45) is 4.99 Å². The number of hydrogen-bond acceptors (Lipinski definition) is 3. The minimum atomic E-state index is 0. The summed E-state index contributed by atoms with van der Waals surface area (Å²) in [5.74, 6) is 1.82. The Kier molecular flexibility index (Phi) is 11.7. The van der Waals surface area contributed by atoms with Crippen molar-refractivity contribution >= 4 is 29.9 Å². The van der Waals surface area contributed by atoms with Crippen molar-refractivity contribution in [1.29, 1.82) is 0 Å². The molecule has 0 saturated carbocycles. The van der Waals surface area contributed by atoms with Crippen LogP contribution in [0, 0.1) is 0 Å². The second-order valence-corrected chi connectivity index (χ2v) is 6.91. The van der Waals surface area contributed by atoms with Crippen molar-refractivity contribution in [3.05, 3.63) is 29.8 Å². The lowest BCUT2D eigenvalue weighted by molar-refractivity contribution is 0.0513. The van der Waals surface area contributed by atoms with E-state index in [0.29, 0.717) is 6.61 Å². The molecular formula is C21H36IN3O2. The van der Waals surface area contributed by atoms with Gasteiger partial charge in [0.1, 0.15) is 5.75 Å². The number of rotatable bonds is 9. The summed E-state index contributed by atoms with van der Waals surface area (Å²) < 4.78 is 11.2. The molecule has 1 fully saturated rings. The first kappa shape index (κ1) is 24.0. The van der Waals surface area contributed by atoms with Crippen LogP contribution in [-0.4, -0.2) is 45.9 Å². The number of benzene rings is 1. The second-order valence-electron chi connectivity index (χ2n) is 6.91. The quantitative estimate of drug-likeness (QED) is 0.237. The molecule has 5 nitrogen and oxygen atoms in total. The van der Waals surface area contributed by atoms with Gasteiger partial charge in [0.2, 0.25) is 0 Å². The number of nitrogens with one attached hydrogen (secondary N) is 2. The zero-order valence-electron chi connectivity index (χ0n) is 17.1. The molecule has 1 aromatic rings. The predicted octanol–water partition coefficient (Wildman–Crippen LogP) is 4.11. The third kappa shape index (κ3) is 7.49. The van der Waals surface area contributed by atoms with Crippen LogP contribution in [0.4, 0.5) is 0 Å². The van der Waals surface area contributed by atoms with Crippen LogP contribution in [-0.2, 0) is 10.2 Å². The molecule has 0 amide bonds. The molecule has 154 valence electrons. The van der Waals surface area contributed by atoms with E-state index in [1.54, 1.807) is 0 Å². The van der Waals surface area contributed by atoms with E-state index in [0.717, 1.165) is 50.9 Å². The highest BCUT2D eigenvalue weighted by molar-refractivity contribution is 14.0. The molecule has 1 saturated heterocycles. The Bertz CT molecular complexity index is 543. The van der Waals surface area contributed by atoms with Gasteiger partial charge in [0.25, 0.3) is 0 Å². The van der Waals surface area contributed by atoms with E-state index in [1.807, 2.05) is 14.0 Å². The van der Waals surface area contributed by atoms with Gasteiger partial charge in [0.15, 0.2) is 5.96 Å². The van der Waals surface area contributed by atoms with E-state index < -0.39 is 0 Å². The molecule has 0 bridgehead atoms. The highest BCUT2D eigenvalue weighted by Gasteiger charge is 2.34. The van der Waals surface area contributed by atoms with Crippen LogP contribution in [0.5, 0.6) is 5.75 Å². The summed E-state index contributed by atoms with van der Waals surface area (Å²) in [4.78, 5) is 4.38. The summed E-state index contributed by atoms with van der Waals surface area (Å²) in [6.45, 7) is 8.36. The summed E-state index contributed by atoms with van der Waals surface area (Å²) >= 11 is 0. The van der Waals surface area contributed by atoms with Crippen LogP contribution in [0.3, 0.4) is 0 Å². The van der Waals surface area contributed by atoms with Crippen LogP contribution >= 0.6 is 24.0 Å². The molecule has 27 heavy (non-hydrogen) atoms. The Morgan fingerprint density at radius 1 is 1.11 bits per heavy atom. The van der Waals surface area contributed by atoms with Gasteiger partial charge in [-0.3, -0.25) is 4.99 Å². The number of unbranched alkanes of at least 4 members (excludes halogenated alkanes) is 2. The third-order valence-corrected chi connectivity index (χ3v) is 5.12. The lowest BCUT2D eigenvalue weighted by atomic mass is 9.74. The first-order chi connectivity index (χ1) is 12.7. The SMILES string of the molecule is CCCCCNC(=NC)NCC1(c2ccc(OCC)cc2)CCOCC1.I. The summed E-state index contributed by atoms with van der Waals surface area (Å²) in [5.41, 5.74) is 1.42. The maximum absolute atomic E-state index is 5.64. The van der Waals surface area contributed by atoms with Gasteiger partial charge in [-0.15, -0.1) is 24.0 Å². The molecule has 1 aliphatic heterocycles. The van der Waals surface area contributed by atoms with Crippen molar-refractivity contribution in [1.82, 2.24) is 10.6 Å². The highest BCUT2D eigenvalue weighted by Crippen LogP contribution is 2.35. The topological polar surface area (TPSA) is 54.9 Å². The molecule has 2 N–H and O–H groups in total. The zero-order valence-corrected chi connectivity index (χ0v) is 19.4. The van der Waals surface area contributed by atoms with Gasteiger partial charge in [-0.25, -0.2) is 0 Å². The minimum absolute atomic E-state index is 0. The summed E-state index contributed by atoms with van der Waals surface area (Å²) in [7, 11) is 1.84. The Morgan fingerprint density at radius 2 is 1.81 bits per heavy atom. The van der Waals surface area contributed by atoms with Crippen molar-refractivity contribution < 1.29 is 9.47 Å². The van der Waals surface area contributed by atoms with E-state index in [1.165, 1.54) is 24.8 Å². The van der Waals surface area contributed by atoms with Gasteiger partial charge < -0.3 is 20.1 Å². The molecule has 0 spiro atoms. The van der Waals surface area contributed by atoms with E-state index in [4.69, 9.17) is 9.47 Å². The molecule has 1 aliphatic rings. The smallest absolute Gasteiger partial charge is 0.191 e. The van der Waals surface area contributed by atoms with Crippen LogP contribution in [0.2, 0.25) is 0 Å². The van der Waals surface area contributed by atoms with Gasteiger partial charge in [-0.05, 0) is 43.9 Å². The number of halogens is 1. The van der Waals surface area contributed by atoms with Crippen LogP contribution in [0.1, 0.15) is 51.5 Å². The van der Waals surface area contributed by atoms with Gasteiger partial charge in [-0.1, -0.05) is 31.9 Å². The number of nitrogens with zero attached hydrogens (tertiary/aromatic N) is 1. The molecule has 0 aliphatic carbocycles. The molecular weight excluding hydrogens is 453 g/mol. The first-order valence-corrected chi connectivity index (χ1v) is 9.99. The summed E-state index contributed by atoms with van der Waals surface area (Å²) in [6.07, 6.45) is 5.68. The molecule has 2 rings (SSSR count). The van der Waals surface area contributed by atoms with Crippen molar-refractivity contribution in [3.8, 4) is 5.75 Å². The fourth-order valence-corrected chi connectivity index (χ4v) is 3.46. The number of ether oxygens (including phenoxy) is 2. The normalized spacial score (nSPS) is 16.3. The Balaban J connectivity index is 0.00000364. The average Bonchev–Trinajstić information content (AvgIpc) is 2.69. The van der Waals surface area contributed by atoms with Gasteiger partial charge in [-0.2, -0.15) is 0 Å². The van der Waals surface area contributed by atoms with Crippen LogP contribution in [0.25, 0.3) is 0 Å². The summed E-state index contributed by atoms with van der Waals surface area (Å²) in [5, 5.41) is 6.97. The fourth-order valence-electron chi connectivity index (χ4n) is 3.46. The molecule has 0 aromatic heterocycles. The minimum Gasteiger partial charge on any atom is -0.494 e. The molecule has 6 heteroatoms. The zero-order chi connectivity index (χ0) is 18.7. The Morgan fingerprint density at radius 3 is 2.41 bits per heavy atom. The number of aliphatic imine (C=N–C) groups is 1. The first-order valence-electron chi connectivity index (χ1n) is 9.99. The van der Waals surface area contributed by atoms with E-state index in [2.05, 4.69) is 46.8 Å². The maximum atomic E-state index is 5.64. The Hall–Kier alpha value is -1.02. The van der Waals surface area contributed by atoms with Crippen LogP contribution < -0.4 is 15.4 Å². The molecule has 0 unspecified atom stereocenters. The molecule has 0 atom stereocenters. The van der Waals surface area contributed by atoms with Crippen molar-refractivity contribution in [2.45, 2.75) is 51.4 Å². The number of hydrogen-bond donors (Lipinski definition) is 2. The second kappa shape index (κ2) is 13.2. The average molecular weight is 489 g/mol. The van der Waals surface area contributed by atoms with Crippen molar-refractivity contribution in [2.75, 3.05) is 40.0 Å². The van der Waals surface area contributed by atoms with E-state index in [-0.39, 0.29) is 29.4 Å². The fraction of sp³-hybridized carbons (Fsp3) is 0.667. The lowest BCUT2D eigenvalue weighted by Crippen LogP contribution is -2.48. The van der Waals surface area contributed by atoms with Gasteiger partial charge in [0.05, 0.1) is 6.61 Å². The standard InChI is InChI=1S/C21H35N3O2.HI/c1-4-6-7-14-23-20(22-3)24-17-21(12-15-25-16-13-21)18-8-10-19(11-9-18)26-5-2;/h8-11H,4-7,12-17H2,1-3H3,(H2,22,23,24);1H. The predicted molar refractivity (Wildman–Crippen MR) is 124 cm³/mol. The molecule has 1 heterocycles. The maximum Gasteiger partial charge on any atom is 0.191 e. The van der Waals surface area contributed by atoms with E-state index in [9.17, 15) is 0 Å². The third-order valence-electron chi connectivity index (χ3n) is 5.12. The summed E-state index contributed by atoms with van der Waals surface area (Å²) in [6, 6.07) is 8.56. The Labute approximate surface area is 181 Å². The van der Waals surface area contributed by atoms with Crippen molar-refractivity contribution in [3.63, 3.8) is 0 Å². The largest absolute Gasteiger partial charge is 0.494 e. The van der Waals surface area contributed by atoms with Gasteiger partial charge in [0, 0.05) is 38.8 Å². The molecule has 1 aromatic carbocycles. The van der Waals surface area contributed by atoms with Crippen LogP contribution in [0.15, 0.2) is 29.3 Å². The van der Waals surface area contributed by atoms with Gasteiger partial charge >= 0.3 is 0 Å². The van der Waals surface area contributed by atoms with E-state index >= 15 is 0 Å². The molecule has 0 radical (unpaired) electrons. The monoisotopic (exact) mass is 489 g/mol. The highest BCUT2D eigenvalue weighted by atomic mass is 127. The number of guanidine groups is 1. The lowest BCUT2D eigenvalue weighted by Gasteiger charge is -2.38.